The molecule has 1 amide bonds. The standard InChI is InChI=1S/C19H17F5N2O4S3/c20-33(21,22,23,24)13-7-5-12(6-8-13)32(28,29)26-9-10-30-15(11-26)17-14-3-1-2-4-16(14)31-18(17)19(25)27/h1-8,15H,9-11H2,(H2,25,27)/t15-/m0/s1. The van der Waals surface area contributed by atoms with Crippen LogP contribution in [0.1, 0.15) is 21.3 Å². The van der Waals surface area contributed by atoms with Crippen molar-refractivity contribution in [3.8, 4) is 0 Å². The summed E-state index contributed by atoms with van der Waals surface area (Å²) in [4.78, 5) is 9.46. The van der Waals surface area contributed by atoms with Crippen molar-refractivity contribution in [1.29, 1.82) is 0 Å². The van der Waals surface area contributed by atoms with Gasteiger partial charge in [0.15, 0.2) is 0 Å². The second-order valence-electron chi connectivity index (χ2n) is 7.37. The number of nitrogens with two attached hydrogens (primary N) is 1. The van der Waals surface area contributed by atoms with Crippen molar-refractivity contribution < 1.29 is 37.4 Å². The zero-order valence-corrected chi connectivity index (χ0v) is 19.0. The molecule has 0 saturated carbocycles. The number of hydrogen-bond donors (Lipinski definition) is 1. The highest BCUT2D eigenvalue weighted by atomic mass is 32.5. The van der Waals surface area contributed by atoms with Gasteiger partial charge in [0.25, 0.3) is 5.91 Å². The van der Waals surface area contributed by atoms with Crippen molar-refractivity contribution in [2.75, 3.05) is 19.7 Å². The lowest BCUT2D eigenvalue weighted by molar-refractivity contribution is -0.00188. The monoisotopic (exact) mass is 528 g/mol. The van der Waals surface area contributed by atoms with E-state index in [0.29, 0.717) is 23.1 Å². The number of halogens is 5. The number of hydrogen-bond acceptors (Lipinski definition) is 5. The quantitative estimate of drug-likeness (QED) is 0.448. The number of ether oxygens (including phenoxy) is 1. The summed E-state index contributed by atoms with van der Waals surface area (Å²) in [5.41, 5.74) is 5.93. The number of sulfonamides is 1. The summed E-state index contributed by atoms with van der Waals surface area (Å²) in [6.07, 6.45) is -0.865. The van der Waals surface area contributed by atoms with Crippen molar-refractivity contribution in [2.45, 2.75) is 15.9 Å². The Morgan fingerprint density at radius 3 is 2.30 bits per heavy atom. The fraction of sp³-hybridized carbons (Fsp3) is 0.211. The molecular formula is C19H17F5N2O4S3. The molecule has 3 aromatic rings. The van der Waals surface area contributed by atoms with E-state index in [1.54, 1.807) is 24.3 Å². The summed E-state index contributed by atoms with van der Waals surface area (Å²) < 4.78 is 98.3. The second kappa shape index (κ2) is 7.12. The summed E-state index contributed by atoms with van der Waals surface area (Å²) in [6, 6.07) is 8.14. The van der Waals surface area contributed by atoms with Crippen molar-refractivity contribution in [1.82, 2.24) is 4.31 Å². The third-order valence-electron chi connectivity index (χ3n) is 5.12. The zero-order chi connectivity index (χ0) is 24.3. The van der Waals surface area contributed by atoms with Crippen molar-refractivity contribution in [3.63, 3.8) is 0 Å². The average Bonchev–Trinajstić information content (AvgIpc) is 3.12. The van der Waals surface area contributed by atoms with Crippen LogP contribution in [-0.2, 0) is 14.8 Å². The van der Waals surface area contributed by atoms with E-state index in [1.165, 1.54) is 0 Å². The van der Waals surface area contributed by atoms with Gasteiger partial charge in [-0.2, -0.15) is 4.31 Å². The van der Waals surface area contributed by atoms with Gasteiger partial charge in [0.1, 0.15) is 4.90 Å². The molecule has 0 radical (unpaired) electrons. The number of primary amides is 1. The molecule has 1 saturated heterocycles. The molecule has 0 bridgehead atoms. The third-order valence-corrected chi connectivity index (χ3v) is 9.36. The van der Waals surface area contributed by atoms with Crippen LogP contribution in [0.25, 0.3) is 10.1 Å². The molecule has 0 unspecified atom stereocenters. The molecule has 0 spiro atoms. The van der Waals surface area contributed by atoms with E-state index in [0.717, 1.165) is 20.3 Å². The highest BCUT2D eigenvalue weighted by molar-refractivity contribution is 8.45. The van der Waals surface area contributed by atoms with Gasteiger partial charge in [-0.05, 0) is 35.7 Å². The van der Waals surface area contributed by atoms with Crippen LogP contribution in [0.2, 0.25) is 0 Å². The maximum atomic E-state index is 13.0. The lowest BCUT2D eigenvalue weighted by Gasteiger charge is -2.40. The van der Waals surface area contributed by atoms with Crippen LogP contribution in [0.15, 0.2) is 58.3 Å². The lowest BCUT2D eigenvalue weighted by atomic mass is 10.0. The van der Waals surface area contributed by atoms with Gasteiger partial charge in [0.05, 0.1) is 22.5 Å². The molecule has 2 aromatic carbocycles. The largest absolute Gasteiger partial charge is 0.371 e. The topological polar surface area (TPSA) is 89.7 Å². The van der Waals surface area contributed by atoms with Gasteiger partial charge in [-0.3, -0.25) is 4.79 Å². The van der Waals surface area contributed by atoms with Gasteiger partial charge in [-0.15, -0.1) is 11.3 Å². The Morgan fingerprint density at radius 2 is 1.70 bits per heavy atom. The smallest absolute Gasteiger partial charge is 0.310 e. The van der Waals surface area contributed by atoms with E-state index >= 15 is 0 Å². The molecule has 1 aromatic heterocycles. The summed E-state index contributed by atoms with van der Waals surface area (Å²) in [5, 5.41) is 0.667. The molecule has 1 atom stereocenters. The number of fused-ring (bicyclic) bond motifs is 1. The predicted octanol–water partition coefficient (Wildman–Crippen LogP) is 5.42. The van der Waals surface area contributed by atoms with Gasteiger partial charge in [0, 0.05) is 23.4 Å². The summed E-state index contributed by atoms with van der Waals surface area (Å²) in [5.74, 6) is -0.707. The summed E-state index contributed by atoms with van der Waals surface area (Å²) in [6.45, 7) is -0.418. The van der Waals surface area contributed by atoms with Crippen LogP contribution in [-0.4, -0.2) is 38.3 Å². The Bertz CT molecular complexity index is 1360. The molecule has 180 valence electrons. The summed E-state index contributed by atoms with van der Waals surface area (Å²) in [7, 11) is -14.3. The molecule has 1 aliphatic rings. The Morgan fingerprint density at radius 1 is 1.06 bits per heavy atom. The van der Waals surface area contributed by atoms with Gasteiger partial charge in [0.2, 0.25) is 10.0 Å². The highest BCUT2D eigenvalue weighted by Gasteiger charge is 2.65. The van der Waals surface area contributed by atoms with Crippen LogP contribution in [0.3, 0.4) is 0 Å². The molecular weight excluding hydrogens is 511 g/mol. The Kier molecular flexibility index (Phi) is 5.15. The van der Waals surface area contributed by atoms with Crippen LogP contribution in [0.4, 0.5) is 19.4 Å². The lowest BCUT2D eigenvalue weighted by Crippen LogP contribution is -2.42. The molecule has 0 aliphatic carbocycles. The minimum atomic E-state index is -9.93. The normalized spacial score (nSPS) is 20.3. The van der Waals surface area contributed by atoms with E-state index in [2.05, 4.69) is 0 Å². The van der Waals surface area contributed by atoms with E-state index < -0.39 is 42.0 Å². The first-order valence-electron chi connectivity index (χ1n) is 9.35. The van der Waals surface area contributed by atoms with Gasteiger partial charge < -0.3 is 10.5 Å². The molecule has 14 heteroatoms. The Labute approximate surface area is 189 Å². The van der Waals surface area contributed by atoms with Crippen molar-refractivity contribution in [3.05, 3.63) is 59.0 Å². The van der Waals surface area contributed by atoms with Crippen LogP contribution in [0, 0.1) is 0 Å². The maximum absolute atomic E-state index is 13.0. The summed E-state index contributed by atoms with van der Waals surface area (Å²) >= 11 is 1.14. The molecule has 2 heterocycles. The minimum Gasteiger partial charge on any atom is -0.371 e. The number of nitrogens with zero attached hydrogens (tertiary/aromatic N) is 1. The SMILES string of the molecule is NC(=O)c1sc2ccccc2c1[C@@H]1CN(S(=O)(=O)c2ccc(S(F)(F)(F)(F)F)cc2)CCO1. The van der Waals surface area contributed by atoms with Gasteiger partial charge >= 0.3 is 10.2 Å². The molecule has 33 heavy (non-hydrogen) atoms. The highest BCUT2D eigenvalue weighted by Crippen LogP contribution is 3.02. The zero-order valence-electron chi connectivity index (χ0n) is 16.6. The molecule has 2 N–H and O–H groups in total. The van der Waals surface area contributed by atoms with Gasteiger partial charge in [-0.1, -0.05) is 37.6 Å². The number of morpholine rings is 1. The third kappa shape index (κ3) is 4.57. The minimum absolute atomic E-state index is 0.0595. The fourth-order valence-corrected chi connectivity index (χ4v) is 6.79. The number of carbonyl (C=O) groups excluding carboxylic acids is 1. The average molecular weight is 529 g/mol. The van der Waals surface area contributed by atoms with E-state index in [-0.39, 0.29) is 36.7 Å². The molecule has 4 rings (SSSR count). The van der Waals surface area contributed by atoms with Crippen molar-refractivity contribution >= 4 is 47.6 Å². The van der Waals surface area contributed by atoms with Crippen molar-refractivity contribution in [2.24, 2.45) is 5.73 Å². The first kappa shape index (κ1) is 23.9. The van der Waals surface area contributed by atoms with Gasteiger partial charge in [-0.25, -0.2) is 8.42 Å². The molecule has 1 aliphatic heterocycles. The number of rotatable bonds is 5. The van der Waals surface area contributed by atoms with E-state index in [4.69, 9.17) is 10.5 Å². The second-order valence-corrected chi connectivity index (χ2v) is 12.8. The van der Waals surface area contributed by atoms with Crippen LogP contribution in [0.5, 0.6) is 0 Å². The maximum Gasteiger partial charge on any atom is 0.310 e. The van der Waals surface area contributed by atoms with Crippen LogP contribution >= 0.6 is 21.6 Å². The Hall–Kier alpha value is -2.26. The van der Waals surface area contributed by atoms with Crippen LogP contribution < -0.4 is 5.73 Å². The first-order valence-corrected chi connectivity index (χ1v) is 13.6. The fourth-order valence-electron chi connectivity index (χ4n) is 3.60. The molecule has 1 fully saturated rings. The number of benzene rings is 2. The first-order chi connectivity index (χ1) is 15.1. The number of amides is 1. The number of carbonyl (C=O) groups is 1. The predicted molar refractivity (Wildman–Crippen MR) is 116 cm³/mol. The number of thiophene rings is 1. The van der Waals surface area contributed by atoms with E-state index in [1.807, 2.05) is 0 Å². The van der Waals surface area contributed by atoms with E-state index in [9.17, 15) is 32.6 Å². The Balaban J connectivity index is 1.68. The molecule has 6 nitrogen and oxygen atoms in total.